The van der Waals surface area contributed by atoms with Crippen molar-refractivity contribution in [3.63, 3.8) is 0 Å². The number of aryl methyl sites for hydroxylation is 2. The van der Waals surface area contributed by atoms with Crippen molar-refractivity contribution in [1.82, 2.24) is 20.6 Å². The Kier molecular flexibility index (Phi) is 4.22. The van der Waals surface area contributed by atoms with E-state index in [1.807, 2.05) is 19.9 Å². The van der Waals surface area contributed by atoms with Crippen LogP contribution in [-0.2, 0) is 16.1 Å². The van der Waals surface area contributed by atoms with Crippen LogP contribution in [0.25, 0.3) is 0 Å². The van der Waals surface area contributed by atoms with Crippen molar-refractivity contribution >= 4 is 5.91 Å². The van der Waals surface area contributed by atoms with E-state index in [1.165, 1.54) is 0 Å². The highest BCUT2D eigenvalue weighted by Gasteiger charge is 2.21. The van der Waals surface area contributed by atoms with Crippen molar-refractivity contribution in [2.45, 2.75) is 26.5 Å². The lowest BCUT2D eigenvalue weighted by Gasteiger charge is -2.22. The van der Waals surface area contributed by atoms with Crippen LogP contribution in [0.5, 0.6) is 0 Å². The van der Waals surface area contributed by atoms with Crippen molar-refractivity contribution in [3.05, 3.63) is 23.3 Å². The molecule has 0 bridgehead atoms. The Morgan fingerprint density at radius 2 is 2.22 bits per heavy atom. The van der Waals surface area contributed by atoms with Crippen molar-refractivity contribution < 1.29 is 9.53 Å². The van der Waals surface area contributed by atoms with Crippen LogP contribution in [0.2, 0.25) is 0 Å². The van der Waals surface area contributed by atoms with Crippen LogP contribution in [0.1, 0.15) is 17.2 Å². The van der Waals surface area contributed by atoms with Gasteiger partial charge in [0.15, 0.2) is 0 Å². The molecule has 98 valence electrons. The molecule has 0 aromatic carbocycles. The van der Waals surface area contributed by atoms with Crippen molar-refractivity contribution in [1.29, 1.82) is 0 Å². The largest absolute Gasteiger partial charge is 0.366 e. The summed E-state index contributed by atoms with van der Waals surface area (Å²) in [6.07, 6.45) is -0.412. The van der Waals surface area contributed by atoms with Gasteiger partial charge >= 0.3 is 0 Å². The first-order valence-corrected chi connectivity index (χ1v) is 6.06. The third-order valence-electron chi connectivity index (χ3n) is 2.67. The standard InChI is InChI=1S/C12H18N4O2/c1-8-5-9(2)16-11(15-8)7-14-12(17)10-6-13-3-4-18-10/h5,10,13H,3-4,6-7H2,1-2H3,(H,14,17). The predicted molar refractivity (Wildman–Crippen MR) is 66.0 cm³/mol. The Balaban J connectivity index is 1.88. The molecule has 2 N–H and O–H groups in total. The monoisotopic (exact) mass is 250 g/mol. The van der Waals surface area contributed by atoms with Crippen LogP contribution in [0.15, 0.2) is 6.07 Å². The van der Waals surface area contributed by atoms with Gasteiger partial charge in [-0.15, -0.1) is 0 Å². The minimum absolute atomic E-state index is 0.120. The molecule has 1 aromatic rings. The highest BCUT2D eigenvalue weighted by molar-refractivity contribution is 5.81. The van der Waals surface area contributed by atoms with Gasteiger partial charge in [-0.1, -0.05) is 0 Å². The zero-order valence-corrected chi connectivity index (χ0v) is 10.7. The van der Waals surface area contributed by atoms with Gasteiger partial charge in [0, 0.05) is 24.5 Å². The Bertz CT molecular complexity index is 410. The molecule has 1 fully saturated rings. The number of carbonyl (C=O) groups is 1. The van der Waals surface area contributed by atoms with E-state index < -0.39 is 6.10 Å². The average molecular weight is 250 g/mol. The van der Waals surface area contributed by atoms with Crippen LogP contribution >= 0.6 is 0 Å². The van der Waals surface area contributed by atoms with Crippen LogP contribution in [0.4, 0.5) is 0 Å². The quantitative estimate of drug-likeness (QED) is 0.770. The highest BCUT2D eigenvalue weighted by atomic mass is 16.5. The van der Waals surface area contributed by atoms with Gasteiger partial charge in [0.2, 0.25) is 0 Å². The molecule has 1 aliphatic rings. The molecule has 2 heterocycles. The summed E-state index contributed by atoms with van der Waals surface area (Å²) in [4.78, 5) is 20.3. The number of aromatic nitrogens is 2. The molecular weight excluding hydrogens is 232 g/mol. The second-order valence-corrected chi connectivity index (χ2v) is 4.35. The maximum Gasteiger partial charge on any atom is 0.250 e. The molecule has 0 saturated carbocycles. The molecule has 1 atom stereocenters. The lowest BCUT2D eigenvalue weighted by Crippen LogP contribution is -2.47. The summed E-state index contributed by atoms with van der Waals surface area (Å²) in [6.45, 7) is 6.07. The highest BCUT2D eigenvalue weighted by Crippen LogP contribution is 2.00. The fraction of sp³-hybridized carbons (Fsp3) is 0.583. The minimum atomic E-state index is -0.412. The normalized spacial score (nSPS) is 19.6. The third-order valence-corrected chi connectivity index (χ3v) is 2.67. The lowest BCUT2D eigenvalue weighted by atomic mass is 10.3. The van der Waals surface area contributed by atoms with Crippen LogP contribution in [0.3, 0.4) is 0 Å². The zero-order chi connectivity index (χ0) is 13.0. The summed E-state index contributed by atoms with van der Waals surface area (Å²) in [5.41, 5.74) is 1.81. The van der Waals surface area contributed by atoms with E-state index in [-0.39, 0.29) is 5.91 Å². The summed E-state index contributed by atoms with van der Waals surface area (Å²) in [6, 6.07) is 1.90. The molecular formula is C12H18N4O2. The number of rotatable bonds is 3. The van der Waals surface area contributed by atoms with Gasteiger partial charge in [0.1, 0.15) is 11.9 Å². The van der Waals surface area contributed by atoms with Crippen LogP contribution in [0, 0.1) is 13.8 Å². The Hall–Kier alpha value is -1.53. The van der Waals surface area contributed by atoms with Gasteiger partial charge < -0.3 is 15.4 Å². The van der Waals surface area contributed by atoms with E-state index in [9.17, 15) is 4.79 Å². The molecule has 1 aromatic heterocycles. The molecule has 1 unspecified atom stereocenters. The van der Waals surface area contributed by atoms with E-state index in [4.69, 9.17) is 4.74 Å². The van der Waals surface area contributed by atoms with Gasteiger partial charge in [-0.2, -0.15) is 0 Å². The number of hydrogen-bond donors (Lipinski definition) is 2. The molecule has 1 aliphatic heterocycles. The SMILES string of the molecule is Cc1cc(C)nc(CNC(=O)C2CNCCO2)n1. The van der Waals surface area contributed by atoms with Crippen molar-refractivity contribution in [3.8, 4) is 0 Å². The number of hydrogen-bond acceptors (Lipinski definition) is 5. The van der Waals surface area contributed by atoms with Crippen molar-refractivity contribution in [2.24, 2.45) is 0 Å². The molecule has 0 spiro atoms. The molecule has 6 heteroatoms. The van der Waals surface area contributed by atoms with Gasteiger partial charge in [-0.05, 0) is 19.9 Å². The number of nitrogens with one attached hydrogen (secondary N) is 2. The first kappa shape index (κ1) is 12.9. The third kappa shape index (κ3) is 3.48. The van der Waals surface area contributed by atoms with E-state index in [0.717, 1.165) is 17.9 Å². The molecule has 6 nitrogen and oxygen atoms in total. The summed E-state index contributed by atoms with van der Waals surface area (Å²) in [5.74, 6) is 0.509. The number of nitrogens with zero attached hydrogens (tertiary/aromatic N) is 2. The van der Waals surface area contributed by atoms with E-state index in [1.54, 1.807) is 0 Å². The van der Waals surface area contributed by atoms with E-state index in [0.29, 0.717) is 25.5 Å². The molecule has 1 amide bonds. The molecule has 2 rings (SSSR count). The van der Waals surface area contributed by atoms with Crippen molar-refractivity contribution in [2.75, 3.05) is 19.7 Å². The van der Waals surface area contributed by atoms with Gasteiger partial charge in [-0.3, -0.25) is 4.79 Å². The smallest absolute Gasteiger partial charge is 0.250 e. The maximum absolute atomic E-state index is 11.8. The minimum Gasteiger partial charge on any atom is -0.366 e. The second kappa shape index (κ2) is 5.88. The summed E-state index contributed by atoms with van der Waals surface area (Å²) in [5, 5.41) is 5.91. The Labute approximate surface area is 106 Å². The fourth-order valence-electron chi connectivity index (χ4n) is 1.89. The van der Waals surface area contributed by atoms with Crippen LogP contribution < -0.4 is 10.6 Å². The molecule has 0 aliphatic carbocycles. The summed E-state index contributed by atoms with van der Waals surface area (Å²) in [7, 11) is 0. The summed E-state index contributed by atoms with van der Waals surface area (Å²) >= 11 is 0. The number of ether oxygens (including phenoxy) is 1. The summed E-state index contributed by atoms with van der Waals surface area (Å²) < 4.78 is 5.36. The van der Waals surface area contributed by atoms with Gasteiger partial charge in [0.25, 0.3) is 5.91 Å². The maximum atomic E-state index is 11.8. The number of carbonyl (C=O) groups excluding carboxylic acids is 1. The topological polar surface area (TPSA) is 76.1 Å². The van der Waals surface area contributed by atoms with Gasteiger partial charge in [0.05, 0.1) is 13.2 Å². The fourth-order valence-corrected chi connectivity index (χ4v) is 1.89. The zero-order valence-electron chi connectivity index (χ0n) is 10.7. The predicted octanol–water partition coefficient (Wildman–Crippen LogP) is -0.302. The van der Waals surface area contributed by atoms with E-state index >= 15 is 0 Å². The Morgan fingerprint density at radius 1 is 1.50 bits per heavy atom. The van der Waals surface area contributed by atoms with Crippen LogP contribution in [-0.4, -0.2) is 41.7 Å². The number of morpholine rings is 1. The average Bonchev–Trinajstić information content (AvgIpc) is 2.36. The second-order valence-electron chi connectivity index (χ2n) is 4.35. The number of amides is 1. The first-order chi connectivity index (χ1) is 8.65. The lowest BCUT2D eigenvalue weighted by molar-refractivity contribution is -0.134. The Morgan fingerprint density at radius 3 is 2.83 bits per heavy atom. The first-order valence-electron chi connectivity index (χ1n) is 6.06. The molecule has 1 saturated heterocycles. The molecule has 18 heavy (non-hydrogen) atoms. The van der Waals surface area contributed by atoms with Gasteiger partial charge in [-0.25, -0.2) is 9.97 Å². The molecule has 0 radical (unpaired) electrons. The van der Waals surface area contributed by atoms with E-state index in [2.05, 4.69) is 20.6 Å².